The van der Waals surface area contributed by atoms with E-state index in [0.29, 0.717) is 10.1 Å². The zero-order valence-corrected chi connectivity index (χ0v) is 17.8. The number of rotatable bonds is 9. The number of hydrogen-bond donors (Lipinski definition) is 5. The second-order valence-electron chi connectivity index (χ2n) is 6.81. The van der Waals surface area contributed by atoms with Crippen molar-refractivity contribution in [2.24, 2.45) is 0 Å². The number of imidazole rings is 1. The fraction of sp³-hybridized carbons (Fsp3) is 0.600. The standard InChI is InChI=1S/C15H22N6O8S2/c1-30-3-2-7(15(24)25)21(31(26,27)28)4-8-10(22)11(23)14(29-8)20-6-19-9-12(16)17-5-18-13(9)20/h5-8,10-11,14,22-23H,2-4H2,1H3,(H,24,25)(H2,16,17,18)(H,26,27,28)/t7-,8+,10+,11+,14+/m0/s1. The number of fused-ring (bicyclic) bond motifs is 1. The Hall–Kier alpha value is -2.08. The normalized spacial score (nSPS) is 25.3. The predicted molar refractivity (Wildman–Crippen MR) is 108 cm³/mol. The third-order valence-electron chi connectivity index (χ3n) is 4.88. The molecule has 2 aromatic rings. The van der Waals surface area contributed by atoms with Gasteiger partial charge in [0.1, 0.15) is 36.2 Å². The number of aromatic nitrogens is 4. The Bertz CT molecular complexity index is 1050. The topological polar surface area (TPSA) is 214 Å². The quantitative estimate of drug-likeness (QED) is 0.255. The molecule has 5 atom stereocenters. The van der Waals surface area contributed by atoms with Crippen molar-refractivity contribution in [1.82, 2.24) is 23.8 Å². The van der Waals surface area contributed by atoms with E-state index in [9.17, 15) is 33.1 Å². The number of carboxylic acids is 1. The molecule has 0 spiro atoms. The average Bonchev–Trinajstić information content (AvgIpc) is 3.23. The van der Waals surface area contributed by atoms with Crippen molar-refractivity contribution in [2.75, 3.05) is 24.3 Å². The van der Waals surface area contributed by atoms with Gasteiger partial charge >= 0.3 is 16.3 Å². The van der Waals surface area contributed by atoms with E-state index in [-0.39, 0.29) is 23.4 Å². The molecular formula is C15H22N6O8S2. The van der Waals surface area contributed by atoms with Gasteiger partial charge in [0.2, 0.25) is 0 Å². The van der Waals surface area contributed by atoms with Gasteiger partial charge in [0.05, 0.1) is 6.33 Å². The minimum Gasteiger partial charge on any atom is -0.480 e. The van der Waals surface area contributed by atoms with Crippen LogP contribution in [-0.2, 0) is 19.8 Å². The molecule has 172 valence electrons. The van der Waals surface area contributed by atoms with Crippen LogP contribution >= 0.6 is 11.8 Å². The van der Waals surface area contributed by atoms with E-state index >= 15 is 0 Å². The molecule has 0 unspecified atom stereocenters. The molecule has 31 heavy (non-hydrogen) atoms. The first-order chi connectivity index (χ1) is 14.6. The summed E-state index contributed by atoms with van der Waals surface area (Å²) in [5.74, 6) is -1.07. The van der Waals surface area contributed by atoms with Crippen molar-refractivity contribution < 1.29 is 37.8 Å². The number of nitrogens with two attached hydrogens (primary N) is 1. The summed E-state index contributed by atoms with van der Waals surface area (Å²) in [7, 11) is -4.97. The van der Waals surface area contributed by atoms with E-state index in [4.69, 9.17) is 10.5 Å². The Morgan fingerprint density at radius 2 is 2.06 bits per heavy atom. The molecule has 0 aromatic carbocycles. The highest BCUT2D eigenvalue weighted by Crippen LogP contribution is 2.33. The fourth-order valence-electron chi connectivity index (χ4n) is 3.35. The molecule has 6 N–H and O–H groups in total. The van der Waals surface area contributed by atoms with Crippen LogP contribution in [-0.4, -0.2) is 101 Å². The molecule has 2 aromatic heterocycles. The molecule has 1 saturated heterocycles. The SMILES string of the molecule is CSCC[C@@H](C(=O)O)N(C[C@H]1O[C@@H](n2cnc3c(N)ncnc32)[C@H](O)[C@@H]1O)S(=O)(=O)O. The van der Waals surface area contributed by atoms with Gasteiger partial charge in [-0.3, -0.25) is 13.9 Å². The summed E-state index contributed by atoms with van der Waals surface area (Å²) in [5, 5.41) is 30.4. The molecule has 0 radical (unpaired) electrons. The number of ether oxygens (including phenoxy) is 1. The van der Waals surface area contributed by atoms with Crippen LogP contribution in [0.4, 0.5) is 5.82 Å². The van der Waals surface area contributed by atoms with Gasteiger partial charge in [-0.15, -0.1) is 0 Å². The largest absolute Gasteiger partial charge is 0.480 e. The van der Waals surface area contributed by atoms with Gasteiger partial charge in [-0.2, -0.15) is 24.5 Å². The fourth-order valence-corrected chi connectivity index (χ4v) is 4.66. The number of aliphatic hydroxyl groups excluding tert-OH is 2. The van der Waals surface area contributed by atoms with Crippen LogP contribution < -0.4 is 5.73 Å². The first kappa shape index (κ1) is 23.6. The van der Waals surface area contributed by atoms with Gasteiger partial charge in [0.25, 0.3) is 0 Å². The van der Waals surface area contributed by atoms with Gasteiger partial charge in [0, 0.05) is 6.54 Å². The summed E-state index contributed by atoms with van der Waals surface area (Å²) >= 11 is 1.30. The zero-order chi connectivity index (χ0) is 22.9. The Kier molecular flexibility index (Phi) is 6.99. The maximum absolute atomic E-state index is 11.9. The van der Waals surface area contributed by atoms with E-state index in [1.165, 1.54) is 29.0 Å². The second-order valence-corrected chi connectivity index (χ2v) is 9.16. The number of carboxylic acid groups (broad SMARTS) is 1. The highest BCUT2D eigenvalue weighted by Gasteiger charge is 2.47. The van der Waals surface area contributed by atoms with E-state index < -0.39 is 53.4 Å². The summed E-state index contributed by atoms with van der Waals surface area (Å²) in [5.41, 5.74) is 6.18. The Morgan fingerprint density at radius 1 is 1.35 bits per heavy atom. The Labute approximate surface area is 180 Å². The average molecular weight is 479 g/mol. The monoisotopic (exact) mass is 478 g/mol. The van der Waals surface area contributed by atoms with Crippen LogP contribution in [0.5, 0.6) is 0 Å². The van der Waals surface area contributed by atoms with Crippen LogP contribution in [0.1, 0.15) is 12.6 Å². The van der Waals surface area contributed by atoms with E-state index in [2.05, 4.69) is 15.0 Å². The molecule has 3 heterocycles. The molecule has 0 amide bonds. The van der Waals surface area contributed by atoms with Gasteiger partial charge < -0.3 is 25.8 Å². The van der Waals surface area contributed by atoms with Gasteiger partial charge in [0.15, 0.2) is 17.7 Å². The lowest BCUT2D eigenvalue weighted by molar-refractivity contribution is -0.142. The van der Waals surface area contributed by atoms with E-state index in [1.807, 2.05) is 0 Å². The van der Waals surface area contributed by atoms with Crippen molar-refractivity contribution in [3.63, 3.8) is 0 Å². The maximum atomic E-state index is 11.9. The number of aliphatic carboxylic acids is 1. The molecule has 0 aliphatic carbocycles. The highest BCUT2D eigenvalue weighted by molar-refractivity contribution is 7.98. The van der Waals surface area contributed by atoms with Crippen molar-refractivity contribution >= 4 is 45.0 Å². The third-order valence-corrected chi connectivity index (χ3v) is 6.52. The number of hydrogen-bond acceptors (Lipinski definition) is 11. The van der Waals surface area contributed by atoms with Crippen LogP contribution in [0.15, 0.2) is 12.7 Å². The number of nitrogen functional groups attached to an aromatic ring is 1. The lowest BCUT2D eigenvalue weighted by atomic mass is 10.1. The summed E-state index contributed by atoms with van der Waals surface area (Å²) in [6.07, 6.45) is -1.64. The molecule has 14 nitrogen and oxygen atoms in total. The third kappa shape index (κ3) is 4.74. The van der Waals surface area contributed by atoms with Gasteiger partial charge in [-0.05, 0) is 18.4 Å². The number of thioether (sulfide) groups is 1. The summed E-state index contributed by atoms with van der Waals surface area (Å²) in [6.45, 7) is -0.706. The number of carbonyl (C=O) groups is 1. The van der Waals surface area contributed by atoms with Gasteiger partial charge in [-0.25, -0.2) is 15.0 Å². The van der Waals surface area contributed by atoms with Crippen LogP contribution in [0.25, 0.3) is 11.2 Å². The first-order valence-corrected chi connectivity index (χ1v) is 11.8. The molecule has 0 saturated carbocycles. The highest BCUT2D eigenvalue weighted by atomic mass is 32.2. The number of aliphatic hydroxyl groups is 2. The lowest BCUT2D eigenvalue weighted by Gasteiger charge is -2.28. The minimum atomic E-state index is -4.97. The predicted octanol–water partition coefficient (Wildman–Crippen LogP) is -1.66. The lowest BCUT2D eigenvalue weighted by Crippen LogP contribution is -2.50. The second kappa shape index (κ2) is 9.19. The summed E-state index contributed by atoms with van der Waals surface area (Å²) in [4.78, 5) is 23.5. The summed E-state index contributed by atoms with van der Waals surface area (Å²) in [6, 6.07) is -1.59. The first-order valence-electron chi connectivity index (χ1n) is 8.96. The molecule has 16 heteroatoms. The molecule has 1 aliphatic rings. The summed E-state index contributed by atoms with van der Waals surface area (Å²) < 4.78 is 40.7. The van der Waals surface area contributed by atoms with Crippen LogP contribution in [0, 0.1) is 0 Å². The molecule has 1 fully saturated rings. The molecular weight excluding hydrogens is 456 g/mol. The van der Waals surface area contributed by atoms with Crippen LogP contribution in [0.2, 0.25) is 0 Å². The van der Waals surface area contributed by atoms with E-state index in [1.54, 1.807) is 6.26 Å². The zero-order valence-electron chi connectivity index (χ0n) is 16.2. The number of nitrogens with zero attached hydrogens (tertiary/aromatic N) is 5. The molecule has 3 rings (SSSR count). The smallest absolute Gasteiger partial charge is 0.336 e. The Morgan fingerprint density at radius 3 is 2.68 bits per heavy atom. The van der Waals surface area contributed by atoms with Crippen molar-refractivity contribution in [1.29, 1.82) is 0 Å². The number of anilines is 1. The van der Waals surface area contributed by atoms with Crippen molar-refractivity contribution in [3.05, 3.63) is 12.7 Å². The van der Waals surface area contributed by atoms with Gasteiger partial charge in [-0.1, -0.05) is 0 Å². The Balaban J connectivity index is 1.88. The van der Waals surface area contributed by atoms with Crippen molar-refractivity contribution in [3.8, 4) is 0 Å². The van der Waals surface area contributed by atoms with E-state index in [0.717, 1.165) is 0 Å². The maximum Gasteiger partial charge on any atom is 0.336 e. The van der Waals surface area contributed by atoms with Crippen LogP contribution in [0.3, 0.4) is 0 Å². The minimum absolute atomic E-state index is 0.0870. The van der Waals surface area contributed by atoms with Crippen molar-refractivity contribution in [2.45, 2.75) is 37.0 Å². The molecule has 1 aliphatic heterocycles. The molecule has 0 bridgehead atoms.